The molecule has 21 heavy (non-hydrogen) atoms. The van der Waals surface area contributed by atoms with E-state index in [-0.39, 0.29) is 16.5 Å². The molecule has 0 bridgehead atoms. The van der Waals surface area contributed by atoms with Gasteiger partial charge in [-0.1, -0.05) is 18.9 Å². The molecule has 0 aliphatic carbocycles. The van der Waals surface area contributed by atoms with Gasteiger partial charge in [-0.2, -0.15) is 0 Å². The Morgan fingerprint density at radius 2 is 1.95 bits per heavy atom. The largest absolute Gasteiger partial charge is 0.298 e. The summed E-state index contributed by atoms with van der Waals surface area (Å²) < 4.78 is 0. The van der Waals surface area contributed by atoms with Crippen LogP contribution in [0.4, 0.5) is 5.69 Å². The van der Waals surface area contributed by atoms with Gasteiger partial charge in [-0.05, 0) is 48.9 Å². The van der Waals surface area contributed by atoms with Crippen molar-refractivity contribution in [1.29, 1.82) is 0 Å². The highest BCUT2D eigenvalue weighted by molar-refractivity contribution is 6.63. The molecule has 0 atom stereocenters. The molecule has 0 aliphatic heterocycles. The van der Waals surface area contributed by atoms with Crippen molar-refractivity contribution in [3.8, 4) is 0 Å². The Bertz CT molecular complexity index is 543. The van der Waals surface area contributed by atoms with Crippen molar-refractivity contribution in [2.45, 2.75) is 45.4 Å². The summed E-state index contributed by atoms with van der Waals surface area (Å²) in [7, 11) is 0. The van der Waals surface area contributed by atoms with E-state index in [1.165, 1.54) is 6.07 Å². The lowest BCUT2D eigenvalue weighted by Gasteiger charge is -2.06. The van der Waals surface area contributed by atoms with Gasteiger partial charge < -0.3 is 0 Å². The average molecular weight is 312 g/mol. The maximum Gasteiger partial charge on any atom is 0.280 e. The van der Waals surface area contributed by atoms with E-state index in [4.69, 9.17) is 11.6 Å². The zero-order chi connectivity index (χ0) is 15.8. The van der Waals surface area contributed by atoms with Crippen LogP contribution >= 0.6 is 11.6 Å². The van der Waals surface area contributed by atoms with Gasteiger partial charge in [0, 0.05) is 12.5 Å². The van der Waals surface area contributed by atoms with Crippen LogP contribution in [0.3, 0.4) is 0 Å². The van der Waals surface area contributed by atoms with Crippen LogP contribution in [0.5, 0.6) is 0 Å². The first-order valence-electron chi connectivity index (χ1n) is 6.87. The normalized spacial score (nSPS) is 10.4. The Morgan fingerprint density at radius 3 is 2.52 bits per heavy atom. The third-order valence-corrected chi connectivity index (χ3v) is 3.52. The van der Waals surface area contributed by atoms with E-state index in [2.05, 4.69) is 0 Å². The second kappa shape index (κ2) is 8.52. The van der Waals surface area contributed by atoms with Crippen LogP contribution in [0.25, 0.3) is 0 Å². The first-order valence-corrected chi connectivity index (χ1v) is 7.25. The number of nitro groups is 1. The average Bonchev–Trinajstić information content (AvgIpc) is 2.41. The van der Waals surface area contributed by atoms with Gasteiger partial charge in [0.2, 0.25) is 5.24 Å². The molecule has 0 radical (unpaired) electrons. The van der Waals surface area contributed by atoms with E-state index in [1.807, 2.05) is 6.07 Å². The number of hydrogen-bond donors (Lipinski definition) is 0. The van der Waals surface area contributed by atoms with Gasteiger partial charge in [-0.25, -0.2) is 0 Å². The fourth-order valence-corrected chi connectivity index (χ4v) is 2.38. The van der Waals surface area contributed by atoms with Crippen molar-refractivity contribution >= 4 is 28.8 Å². The first kappa shape index (κ1) is 17.3. The van der Waals surface area contributed by atoms with Gasteiger partial charge in [-0.3, -0.25) is 19.7 Å². The van der Waals surface area contributed by atoms with Gasteiger partial charge >= 0.3 is 0 Å². The van der Waals surface area contributed by atoms with Gasteiger partial charge in [0.05, 0.1) is 10.5 Å². The quantitative estimate of drug-likeness (QED) is 0.227. The van der Waals surface area contributed by atoms with Crippen LogP contribution in [-0.2, 0) is 11.2 Å². The van der Waals surface area contributed by atoms with Gasteiger partial charge in [-0.15, -0.1) is 0 Å². The van der Waals surface area contributed by atoms with Crippen molar-refractivity contribution < 1.29 is 14.5 Å². The molecule has 0 spiro atoms. The third kappa shape index (κ3) is 5.63. The van der Waals surface area contributed by atoms with Crippen LogP contribution in [0, 0.1) is 17.0 Å². The van der Waals surface area contributed by atoms with E-state index in [0.29, 0.717) is 18.3 Å². The van der Waals surface area contributed by atoms with E-state index in [9.17, 15) is 19.7 Å². The molecule has 1 aromatic carbocycles. The van der Waals surface area contributed by atoms with Crippen LogP contribution in [0.1, 0.15) is 53.6 Å². The molecule has 0 saturated carbocycles. The second-order valence-electron chi connectivity index (χ2n) is 4.99. The molecule has 0 unspecified atom stereocenters. The Balaban J connectivity index is 2.58. The lowest BCUT2D eigenvalue weighted by Crippen LogP contribution is -2.00. The number of aldehydes is 1. The summed E-state index contributed by atoms with van der Waals surface area (Å²) in [4.78, 5) is 31.9. The van der Waals surface area contributed by atoms with Crippen LogP contribution in [-0.4, -0.2) is 16.5 Å². The summed E-state index contributed by atoms with van der Waals surface area (Å²) in [5, 5.41) is 10.7. The number of hydrogen-bond acceptors (Lipinski definition) is 4. The number of rotatable bonds is 9. The summed E-state index contributed by atoms with van der Waals surface area (Å²) >= 11 is 5.25. The number of carbonyl (C=O) groups is 2. The first-order chi connectivity index (χ1) is 9.95. The number of halogens is 1. The lowest BCUT2D eigenvalue weighted by atomic mass is 9.99. The zero-order valence-electron chi connectivity index (χ0n) is 11.9. The molecule has 1 rings (SSSR count). The summed E-state index contributed by atoms with van der Waals surface area (Å²) in [5.41, 5.74) is 1.50. The van der Waals surface area contributed by atoms with Crippen LogP contribution in [0.2, 0.25) is 0 Å². The number of carbonyl (C=O) groups excluding carboxylic acids is 2. The minimum atomic E-state index is -0.522. The van der Waals surface area contributed by atoms with Crippen molar-refractivity contribution in [3.05, 3.63) is 38.9 Å². The number of unbranched alkanes of at least 4 members (excludes halogenated alkanes) is 3. The lowest BCUT2D eigenvalue weighted by molar-refractivity contribution is -0.385. The molecule has 0 saturated heterocycles. The summed E-state index contributed by atoms with van der Waals surface area (Å²) in [6.07, 6.45) is 5.13. The molecule has 0 amide bonds. The SMILES string of the molecule is Cc1cc(CCCCCCC(=O)Cl)cc([N+](=O)[O-])c1C=O. The summed E-state index contributed by atoms with van der Waals surface area (Å²) in [5.74, 6) is 0. The van der Waals surface area contributed by atoms with E-state index < -0.39 is 4.92 Å². The molecule has 5 nitrogen and oxygen atoms in total. The third-order valence-electron chi connectivity index (χ3n) is 3.33. The van der Waals surface area contributed by atoms with Crippen molar-refractivity contribution in [2.24, 2.45) is 0 Å². The van der Waals surface area contributed by atoms with Crippen molar-refractivity contribution in [3.63, 3.8) is 0 Å². The number of nitro benzene ring substituents is 1. The number of aryl methyl sites for hydroxylation is 2. The van der Waals surface area contributed by atoms with Gasteiger partial charge in [0.25, 0.3) is 5.69 Å². The zero-order valence-corrected chi connectivity index (χ0v) is 12.7. The Kier molecular flexibility index (Phi) is 7.02. The highest BCUT2D eigenvalue weighted by atomic mass is 35.5. The van der Waals surface area contributed by atoms with Crippen molar-refractivity contribution in [2.75, 3.05) is 0 Å². The molecular weight excluding hydrogens is 294 g/mol. The van der Waals surface area contributed by atoms with Crippen LogP contribution in [0.15, 0.2) is 12.1 Å². The fourth-order valence-electron chi connectivity index (χ4n) is 2.25. The van der Waals surface area contributed by atoms with E-state index in [1.54, 1.807) is 6.92 Å². The monoisotopic (exact) mass is 311 g/mol. The highest BCUT2D eigenvalue weighted by Gasteiger charge is 2.16. The summed E-state index contributed by atoms with van der Waals surface area (Å²) in [6, 6.07) is 3.29. The highest BCUT2D eigenvalue weighted by Crippen LogP contribution is 2.24. The molecule has 1 aromatic rings. The second-order valence-corrected chi connectivity index (χ2v) is 5.41. The number of nitrogens with zero attached hydrogens (tertiary/aromatic N) is 1. The van der Waals surface area contributed by atoms with Crippen molar-refractivity contribution in [1.82, 2.24) is 0 Å². The molecule has 0 aliphatic rings. The molecule has 0 N–H and O–H groups in total. The molecule has 6 heteroatoms. The standard InChI is InChI=1S/C15H18ClNO4/c1-11-8-12(6-4-2-3-5-7-15(16)19)9-14(17(20)21)13(11)10-18/h8-10H,2-7H2,1H3. The predicted molar refractivity (Wildman–Crippen MR) is 80.9 cm³/mol. The molecule has 0 heterocycles. The Hall–Kier alpha value is -1.75. The topological polar surface area (TPSA) is 77.3 Å². The molecule has 0 fully saturated rings. The summed E-state index contributed by atoms with van der Waals surface area (Å²) in [6.45, 7) is 1.70. The fraction of sp³-hybridized carbons (Fsp3) is 0.467. The molecule has 0 aromatic heterocycles. The predicted octanol–water partition coefficient (Wildman–Crippen LogP) is 3.97. The molecule has 114 valence electrons. The maximum absolute atomic E-state index is 11.0. The number of benzene rings is 1. The molecular formula is C15H18ClNO4. The van der Waals surface area contributed by atoms with Crippen LogP contribution < -0.4 is 0 Å². The Labute approximate surface area is 128 Å². The minimum absolute atomic E-state index is 0.132. The maximum atomic E-state index is 11.0. The van der Waals surface area contributed by atoms with Gasteiger partial charge in [0.15, 0.2) is 6.29 Å². The van der Waals surface area contributed by atoms with E-state index in [0.717, 1.165) is 37.7 Å². The Morgan fingerprint density at radius 1 is 1.29 bits per heavy atom. The minimum Gasteiger partial charge on any atom is -0.298 e. The van der Waals surface area contributed by atoms with Gasteiger partial charge in [0.1, 0.15) is 0 Å². The van der Waals surface area contributed by atoms with E-state index >= 15 is 0 Å². The smallest absolute Gasteiger partial charge is 0.280 e.